The van der Waals surface area contributed by atoms with Crippen molar-refractivity contribution in [2.45, 2.75) is 31.4 Å². The van der Waals surface area contributed by atoms with Crippen LogP contribution >= 0.6 is 0 Å². The van der Waals surface area contributed by atoms with Gasteiger partial charge >= 0.3 is 18.0 Å². The Labute approximate surface area is 75.4 Å². The first-order valence-electron chi connectivity index (χ1n) is 3.56. The molecule has 0 saturated carbocycles. The molecular formula is C7H7F7. The van der Waals surface area contributed by atoms with E-state index in [9.17, 15) is 30.7 Å². The van der Waals surface area contributed by atoms with Crippen LogP contribution in [0.5, 0.6) is 0 Å². The van der Waals surface area contributed by atoms with Crippen LogP contribution in [0, 0.1) is 0 Å². The highest BCUT2D eigenvalue weighted by Gasteiger charge is 2.71. The van der Waals surface area contributed by atoms with Crippen molar-refractivity contribution in [2.75, 3.05) is 0 Å². The molecule has 0 N–H and O–H groups in total. The molecule has 0 aliphatic heterocycles. The predicted molar refractivity (Wildman–Crippen MR) is 35.4 cm³/mol. The third-order valence-corrected chi connectivity index (χ3v) is 1.34. The number of hydrogen-bond acceptors (Lipinski definition) is 0. The Hall–Kier alpha value is -0.750. The summed E-state index contributed by atoms with van der Waals surface area (Å²) in [6.45, 7) is 1.33. The summed E-state index contributed by atoms with van der Waals surface area (Å²) in [6, 6.07) is 0. The SMILES string of the molecule is CCC=CC(F)(F)C(F)(F)C(F)(F)F. The lowest BCUT2D eigenvalue weighted by atomic mass is 10.1. The van der Waals surface area contributed by atoms with Crippen LogP contribution < -0.4 is 0 Å². The van der Waals surface area contributed by atoms with E-state index in [2.05, 4.69) is 0 Å². The highest BCUT2D eigenvalue weighted by atomic mass is 19.4. The van der Waals surface area contributed by atoms with Crippen LogP contribution in [0.15, 0.2) is 12.2 Å². The van der Waals surface area contributed by atoms with Gasteiger partial charge in [-0.25, -0.2) is 0 Å². The summed E-state index contributed by atoms with van der Waals surface area (Å²) >= 11 is 0. The predicted octanol–water partition coefficient (Wildman–Crippen LogP) is 3.79. The van der Waals surface area contributed by atoms with Crippen molar-refractivity contribution in [3.05, 3.63) is 12.2 Å². The molecule has 7 heteroatoms. The van der Waals surface area contributed by atoms with Crippen molar-refractivity contribution < 1.29 is 30.7 Å². The molecule has 0 aromatic heterocycles. The Morgan fingerprint density at radius 3 is 1.64 bits per heavy atom. The molecule has 0 aromatic rings. The largest absolute Gasteiger partial charge is 0.460 e. The zero-order valence-corrected chi connectivity index (χ0v) is 7.01. The summed E-state index contributed by atoms with van der Waals surface area (Å²) in [5.74, 6) is -11.2. The first-order valence-corrected chi connectivity index (χ1v) is 3.56. The van der Waals surface area contributed by atoms with Crippen LogP contribution in [0.2, 0.25) is 0 Å². The molecule has 84 valence electrons. The molecule has 0 radical (unpaired) electrons. The zero-order valence-electron chi connectivity index (χ0n) is 7.01. The van der Waals surface area contributed by atoms with Gasteiger partial charge < -0.3 is 0 Å². The topological polar surface area (TPSA) is 0 Å². The summed E-state index contributed by atoms with van der Waals surface area (Å²) in [5.41, 5.74) is 0. The Kier molecular flexibility index (Phi) is 3.58. The van der Waals surface area contributed by atoms with Crippen LogP contribution in [0.3, 0.4) is 0 Å². The van der Waals surface area contributed by atoms with Gasteiger partial charge in [0.2, 0.25) is 0 Å². The average molecular weight is 224 g/mol. The molecule has 0 atom stereocenters. The van der Waals surface area contributed by atoms with Gasteiger partial charge in [-0.1, -0.05) is 13.0 Å². The molecular weight excluding hydrogens is 217 g/mol. The summed E-state index contributed by atoms with van der Waals surface area (Å²) in [4.78, 5) is 0. The van der Waals surface area contributed by atoms with E-state index in [0.29, 0.717) is 6.08 Å². The Morgan fingerprint density at radius 2 is 1.36 bits per heavy atom. The number of hydrogen-bond donors (Lipinski definition) is 0. The maximum atomic E-state index is 12.3. The van der Waals surface area contributed by atoms with Crippen LogP contribution in [0.1, 0.15) is 13.3 Å². The Balaban J connectivity index is 4.97. The van der Waals surface area contributed by atoms with Gasteiger partial charge in [-0.3, -0.25) is 0 Å². The molecule has 0 aromatic carbocycles. The second-order valence-electron chi connectivity index (χ2n) is 2.51. The second-order valence-corrected chi connectivity index (χ2v) is 2.51. The van der Waals surface area contributed by atoms with E-state index in [1.54, 1.807) is 0 Å². The summed E-state index contributed by atoms with van der Waals surface area (Å²) in [7, 11) is 0. The van der Waals surface area contributed by atoms with E-state index in [1.165, 1.54) is 6.92 Å². The van der Waals surface area contributed by atoms with Crippen molar-refractivity contribution >= 4 is 0 Å². The van der Waals surface area contributed by atoms with Gasteiger partial charge in [0, 0.05) is 0 Å². The minimum absolute atomic E-state index is 0.0521. The van der Waals surface area contributed by atoms with E-state index in [4.69, 9.17) is 0 Å². The number of allylic oxidation sites excluding steroid dienone is 2. The van der Waals surface area contributed by atoms with Crippen LogP contribution in [-0.2, 0) is 0 Å². The van der Waals surface area contributed by atoms with Crippen molar-refractivity contribution in [1.29, 1.82) is 0 Å². The van der Waals surface area contributed by atoms with Gasteiger partial charge in [-0.2, -0.15) is 30.7 Å². The fourth-order valence-electron chi connectivity index (χ4n) is 0.559. The summed E-state index contributed by atoms with van der Waals surface area (Å²) in [6.07, 6.45) is -6.18. The van der Waals surface area contributed by atoms with Gasteiger partial charge in [0.25, 0.3) is 0 Å². The Morgan fingerprint density at radius 1 is 0.929 bits per heavy atom. The van der Waals surface area contributed by atoms with Crippen molar-refractivity contribution in [3.8, 4) is 0 Å². The van der Waals surface area contributed by atoms with Gasteiger partial charge in [0.1, 0.15) is 0 Å². The summed E-state index contributed by atoms with van der Waals surface area (Å²) < 4.78 is 83.3. The quantitative estimate of drug-likeness (QED) is 0.505. The molecule has 0 bridgehead atoms. The molecule has 0 aliphatic carbocycles. The monoisotopic (exact) mass is 224 g/mol. The minimum Gasteiger partial charge on any atom is -0.195 e. The van der Waals surface area contributed by atoms with Gasteiger partial charge in [0.15, 0.2) is 0 Å². The van der Waals surface area contributed by atoms with Crippen LogP contribution in [0.25, 0.3) is 0 Å². The summed E-state index contributed by atoms with van der Waals surface area (Å²) in [5, 5.41) is 0. The maximum Gasteiger partial charge on any atom is 0.460 e. The molecule has 14 heavy (non-hydrogen) atoms. The normalized spacial score (nSPS) is 15.1. The van der Waals surface area contributed by atoms with Crippen molar-refractivity contribution in [3.63, 3.8) is 0 Å². The molecule has 0 fully saturated rings. The lowest BCUT2D eigenvalue weighted by Crippen LogP contribution is -2.50. The Bertz CT molecular complexity index is 213. The van der Waals surface area contributed by atoms with Crippen LogP contribution in [-0.4, -0.2) is 18.0 Å². The van der Waals surface area contributed by atoms with Gasteiger partial charge in [-0.15, -0.1) is 0 Å². The lowest BCUT2D eigenvalue weighted by Gasteiger charge is -2.25. The highest BCUT2D eigenvalue weighted by molar-refractivity contribution is 5.05. The molecule has 0 heterocycles. The standard InChI is InChI=1S/C7H7F7/c1-2-3-4-5(8,9)6(10,11)7(12,13)14/h3-4H,2H2,1H3. The molecule has 0 saturated heterocycles. The number of alkyl halides is 7. The smallest absolute Gasteiger partial charge is 0.195 e. The van der Waals surface area contributed by atoms with E-state index in [-0.39, 0.29) is 6.42 Å². The first-order chi connectivity index (χ1) is 6.06. The maximum absolute atomic E-state index is 12.3. The van der Waals surface area contributed by atoms with E-state index in [0.717, 1.165) is 0 Å². The fraction of sp³-hybridized carbons (Fsp3) is 0.714. The van der Waals surface area contributed by atoms with Crippen LogP contribution in [0.4, 0.5) is 30.7 Å². The molecule has 0 nitrogen and oxygen atoms in total. The molecule has 0 aliphatic rings. The molecule has 0 amide bonds. The molecule has 0 spiro atoms. The second kappa shape index (κ2) is 3.78. The number of rotatable bonds is 3. The zero-order chi connectivity index (χ0) is 11.6. The van der Waals surface area contributed by atoms with Crippen molar-refractivity contribution in [2.24, 2.45) is 0 Å². The third kappa shape index (κ3) is 2.39. The fourth-order valence-corrected chi connectivity index (χ4v) is 0.559. The van der Waals surface area contributed by atoms with E-state index >= 15 is 0 Å². The van der Waals surface area contributed by atoms with E-state index < -0.39 is 24.1 Å². The first kappa shape index (κ1) is 13.2. The molecule has 0 rings (SSSR count). The van der Waals surface area contributed by atoms with Crippen molar-refractivity contribution in [1.82, 2.24) is 0 Å². The minimum atomic E-state index is -6.26. The highest BCUT2D eigenvalue weighted by Crippen LogP contribution is 2.47. The van der Waals surface area contributed by atoms with Gasteiger partial charge in [-0.05, 0) is 12.5 Å². The number of halogens is 7. The molecule has 0 unspecified atom stereocenters. The third-order valence-electron chi connectivity index (χ3n) is 1.34. The van der Waals surface area contributed by atoms with Gasteiger partial charge in [0.05, 0.1) is 0 Å². The van der Waals surface area contributed by atoms with E-state index in [1.807, 2.05) is 0 Å². The lowest BCUT2D eigenvalue weighted by molar-refractivity contribution is -0.341. The average Bonchev–Trinajstić information content (AvgIpc) is 1.98.